The minimum atomic E-state index is 0.796. The number of aryl methyl sites for hydroxylation is 1. The molecular formula is C12H14BrN3S. The van der Waals surface area contributed by atoms with Gasteiger partial charge in [0.1, 0.15) is 0 Å². The van der Waals surface area contributed by atoms with Crippen molar-refractivity contribution in [2.45, 2.75) is 20.4 Å². The average Bonchev–Trinajstić information content (AvgIpc) is 2.75. The Balaban J connectivity index is 2.30. The van der Waals surface area contributed by atoms with Gasteiger partial charge in [0.25, 0.3) is 0 Å². The van der Waals surface area contributed by atoms with Crippen LogP contribution in [0.1, 0.15) is 18.2 Å². The molecule has 17 heavy (non-hydrogen) atoms. The van der Waals surface area contributed by atoms with E-state index in [0.717, 1.165) is 38.8 Å². The van der Waals surface area contributed by atoms with Crippen molar-refractivity contribution in [1.29, 1.82) is 0 Å². The number of hydrogen-bond donors (Lipinski definition) is 1. The number of nitrogens with zero attached hydrogens (tertiary/aromatic N) is 2. The molecule has 0 radical (unpaired) electrons. The van der Waals surface area contributed by atoms with Gasteiger partial charge in [0.05, 0.1) is 14.4 Å². The smallest absolute Gasteiger partial charge is 0.169 e. The van der Waals surface area contributed by atoms with Gasteiger partial charge in [0.15, 0.2) is 5.82 Å². The van der Waals surface area contributed by atoms with E-state index in [2.05, 4.69) is 38.1 Å². The predicted octanol–water partition coefficient (Wildman–Crippen LogP) is 3.39. The molecule has 2 heterocycles. The van der Waals surface area contributed by atoms with Crippen LogP contribution in [0, 0.1) is 6.92 Å². The van der Waals surface area contributed by atoms with Crippen molar-refractivity contribution >= 4 is 27.3 Å². The van der Waals surface area contributed by atoms with E-state index >= 15 is 0 Å². The summed E-state index contributed by atoms with van der Waals surface area (Å²) in [5.74, 6) is 0.805. The van der Waals surface area contributed by atoms with Crippen molar-refractivity contribution in [3.05, 3.63) is 33.4 Å². The molecule has 2 aromatic rings. The van der Waals surface area contributed by atoms with Gasteiger partial charge >= 0.3 is 0 Å². The van der Waals surface area contributed by atoms with E-state index in [1.807, 2.05) is 25.3 Å². The Hall–Kier alpha value is -0.780. The van der Waals surface area contributed by atoms with E-state index in [-0.39, 0.29) is 0 Å². The second-order valence-electron chi connectivity index (χ2n) is 3.71. The summed E-state index contributed by atoms with van der Waals surface area (Å²) in [6.07, 6.45) is 1.89. The molecule has 0 aliphatic rings. The lowest BCUT2D eigenvalue weighted by Crippen LogP contribution is -2.14. The summed E-state index contributed by atoms with van der Waals surface area (Å²) in [6, 6.07) is 4.06. The second kappa shape index (κ2) is 5.71. The minimum Gasteiger partial charge on any atom is -0.311 e. The van der Waals surface area contributed by atoms with Gasteiger partial charge in [-0.15, -0.1) is 11.3 Å². The predicted molar refractivity (Wildman–Crippen MR) is 75.2 cm³/mol. The molecule has 2 aromatic heterocycles. The van der Waals surface area contributed by atoms with E-state index in [1.54, 1.807) is 11.3 Å². The highest BCUT2D eigenvalue weighted by molar-refractivity contribution is 9.11. The molecule has 0 aromatic carbocycles. The van der Waals surface area contributed by atoms with E-state index in [9.17, 15) is 0 Å². The van der Waals surface area contributed by atoms with Crippen LogP contribution in [0.25, 0.3) is 10.7 Å². The van der Waals surface area contributed by atoms with Crippen molar-refractivity contribution in [2.75, 3.05) is 6.54 Å². The van der Waals surface area contributed by atoms with Crippen molar-refractivity contribution in [3.8, 4) is 10.7 Å². The molecule has 0 fully saturated rings. The Morgan fingerprint density at radius 2 is 2.24 bits per heavy atom. The molecule has 3 nitrogen and oxygen atoms in total. The first kappa shape index (κ1) is 12.7. The van der Waals surface area contributed by atoms with Gasteiger partial charge in [0.2, 0.25) is 0 Å². The van der Waals surface area contributed by atoms with Crippen LogP contribution in [-0.2, 0) is 6.54 Å². The number of rotatable bonds is 4. The zero-order valence-electron chi connectivity index (χ0n) is 9.83. The zero-order valence-corrected chi connectivity index (χ0v) is 12.2. The van der Waals surface area contributed by atoms with E-state index in [4.69, 9.17) is 0 Å². The molecule has 0 aliphatic carbocycles. The van der Waals surface area contributed by atoms with Crippen molar-refractivity contribution in [1.82, 2.24) is 15.3 Å². The van der Waals surface area contributed by atoms with E-state index < -0.39 is 0 Å². The second-order valence-corrected chi connectivity index (χ2v) is 6.17. The summed E-state index contributed by atoms with van der Waals surface area (Å²) in [5, 5.41) is 3.29. The first-order valence-corrected chi connectivity index (χ1v) is 7.10. The largest absolute Gasteiger partial charge is 0.311 e. The van der Waals surface area contributed by atoms with Gasteiger partial charge in [0, 0.05) is 12.7 Å². The molecule has 90 valence electrons. The van der Waals surface area contributed by atoms with Gasteiger partial charge in [-0.05, 0) is 47.1 Å². The van der Waals surface area contributed by atoms with Crippen molar-refractivity contribution < 1.29 is 0 Å². The Morgan fingerprint density at radius 1 is 1.41 bits per heavy atom. The number of thiophene rings is 1. The van der Waals surface area contributed by atoms with Crippen LogP contribution < -0.4 is 5.32 Å². The molecule has 0 saturated heterocycles. The summed E-state index contributed by atoms with van der Waals surface area (Å²) in [7, 11) is 0. The van der Waals surface area contributed by atoms with Crippen molar-refractivity contribution in [3.63, 3.8) is 0 Å². The van der Waals surface area contributed by atoms with Crippen LogP contribution in [0.15, 0.2) is 22.1 Å². The van der Waals surface area contributed by atoms with Crippen LogP contribution in [0.2, 0.25) is 0 Å². The third-order valence-electron chi connectivity index (χ3n) is 2.41. The Kier molecular flexibility index (Phi) is 4.25. The highest BCUT2D eigenvalue weighted by Crippen LogP contribution is 2.29. The maximum Gasteiger partial charge on any atom is 0.169 e. The maximum atomic E-state index is 4.61. The van der Waals surface area contributed by atoms with Crippen LogP contribution in [0.5, 0.6) is 0 Å². The molecule has 0 aliphatic heterocycles. The molecule has 1 N–H and O–H groups in total. The maximum absolute atomic E-state index is 4.61. The summed E-state index contributed by atoms with van der Waals surface area (Å²) < 4.78 is 1.10. The highest BCUT2D eigenvalue weighted by atomic mass is 79.9. The van der Waals surface area contributed by atoms with Crippen LogP contribution >= 0.6 is 27.3 Å². The lowest BCUT2D eigenvalue weighted by Gasteiger charge is -2.06. The highest BCUT2D eigenvalue weighted by Gasteiger charge is 2.07. The van der Waals surface area contributed by atoms with E-state index in [1.165, 1.54) is 0 Å². The quantitative estimate of drug-likeness (QED) is 0.940. The SMILES string of the molecule is CCNCc1nc(-c2ccc(Br)s2)ncc1C. The molecule has 0 amide bonds. The zero-order chi connectivity index (χ0) is 12.3. The van der Waals surface area contributed by atoms with Crippen LogP contribution in [0.4, 0.5) is 0 Å². The number of hydrogen-bond acceptors (Lipinski definition) is 4. The lowest BCUT2D eigenvalue weighted by molar-refractivity contribution is 0.705. The standard InChI is InChI=1S/C12H14BrN3S/c1-3-14-7-9-8(2)6-15-12(16-9)10-4-5-11(13)17-10/h4-6,14H,3,7H2,1-2H3. The number of aromatic nitrogens is 2. The molecule has 0 saturated carbocycles. The molecule has 5 heteroatoms. The van der Waals surface area contributed by atoms with Gasteiger partial charge < -0.3 is 5.32 Å². The molecule has 2 rings (SSSR count). The molecule has 0 atom stereocenters. The third kappa shape index (κ3) is 3.12. The third-order valence-corrected chi connectivity index (χ3v) is 4.03. The fourth-order valence-electron chi connectivity index (χ4n) is 1.45. The number of nitrogens with one attached hydrogen (secondary N) is 1. The fourth-order valence-corrected chi connectivity index (χ4v) is 2.78. The molecule has 0 bridgehead atoms. The Bertz CT molecular complexity index is 510. The number of halogens is 1. The molecule has 0 unspecified atom stereocenters. The van der Waals surface area contributed by atoms with Gasteiger partial charge in [-0.3, -0.25) is 0 Å². The van der Waals surface area contributed by atoms with Gasteiger partial charge in [-0.1, -0.05) is 6.92 Å². The summed E-state index contributed by atoms with van der Waals surface area (Å²) in [4.78, 5) is 10.1. The monoisotopic (exact) mass is 311 g/mol. The summed E-state index contributed by atoms with van der Waals surface area (Å²) in [6.45, 7) is 5.88. The first-order valence-electron chi connectivity index (χ1n) is 5.49. The molecular weight excluding hydrogens is 298 g/mol. The van der Waals surface area contributed by atoms with Gasteiger partial charge in [-0.2, -0.15) is 0 Å². The normalized spacial score (nSPS) is 10.8. The van der Waals surface area contributed by atoms with Crippen molar-refractivity contribution in [2.24, 2.45) is 0 Å². The van der Waals surface area contributed by atoms with E-state index in [0.29, 0.717) is 0 Å². The first-order chi connectivity index (χ1) is 8.20. The summed E-state index contributed by atoms with van der Waals surface area (Å²) >= 11 is 5.11. The average molecular weight is 312 g/mol. The molecule has 0 spiro atoms. The topological polar surface area (TPSA) is 37.8 Å². The van der Waals surface area contributed by atoms with Crippen LogP contribution in [-0.4, -0.2) is 16.5 Å². The minimum absolute atomic E-state index is 0.796. The van der Waals surface area contributed by atoms with Gasteiger partial charge in [-0.25, -0.2) is 9.97 Å². The lowest BCUT2D eigenvalue weighted by atomic mass is 10.2. The Morgan fingerprint density at radius 3 is 2.88 bits per heavy atom. The summed E-state index contributed by atoms with van der Waals surface area (Å²) in [5.41, 5.74) is 2.20. The Labute approximate surface area is 113 Å². The fraction of sp³-hybridized carbons (Fsp3) is 0.333. The van der Waals surface area contributed by atoms with Crippen LogP contribution in [0.3, 0.4) is 0 Å².